The Labute approximate surface area is 168 Å². The first-order chi connectivity index (χ1) is 13.7. The number of rotatable bonds is 5. The predicted molar refractivity (Wildman–Crippen MR) is 109 cm³/mol. The number of benzene rings is 1. The molecule has 5 nitrogen and oxygen atoms in total. The zero-order valence-corrected chi connectivity index (χ0v) is 16.1. The van der Waals surface area contributed by atoms with Gasteiger partial charge in [-0.3, -0.25) is 14.6 Å². The molecular formula is C22H21N3O2S. The summed E-state index contributed by atoms with van der Waals surface area (Å²) >= 11 is 1.43. The van der Waals surface area contributed by atoms with Crippen molar-refractivity contribution in [3.05, 3.63) is 88.4 Å². The maximum atomic E-state index is 13.0. The van der Waals surface area contributed by atoms with E-state index in [4.69, 9.17) is 0 Å². The number of likely N-dealkylation sites (tertiary alicyclic amines) is 1. The minimum atomic E-state index is -0.275. The first-order valence-corrected chi connectivity index (χ1v) is 10.1. The number of carbonyl (C=O) groups is 2. The summed E-state index contributed by atoms with van der Waals surface area (Å²) in [5.74, 6) is -0.320. The van der Waals surface area contributed by atoms with Gasteiger partial charge >= 0.3 is 0 Å². The normalized spacial score (nSPS) is 18.8. The lowest BCUT2D eigenvalue weighted by Crippen LogP contribution is -2.35. The average Bonchev–Trinajstić information content (AvgIpc) is 3.43. The fourth-order valence-electron chi connectivity index (χ4n) is 3.65. The molecule has 0 bridgehead atoms. The highest BCUT2D eigenvalue weighted by molar-refractivity contribution is 7.12. The average molecular weight is 391 g/mol. The van der Waals surface area contributed by atoms with Crippen LogP contribution >= 0.6 is 11.3 Å². The van der Waals surface area contributed by atoms with Crippen LogP contribution in [0.5, 0.6) is 0 Å². The Bertz CT molecular complexity index is 929. The molecule has 0 radical (unpaired) electrons. The predicted octanol–water partition coefficient (Wildman–Crippen LogP) is 3.32. The van der Waals surface area contributed by atoms with Crippen molar-refractivity contribution in [2.24, 2.45) is 5.92 Å². The molecule has 28 heavy (non-hydrogen) atoms. The van der Waals surface area contributed by atoms with Gasteiger partial charge in [0.25, 0.3) is 5.91 Å². The fraction of sp³-hybridized carbons (Fsp3) is 0.227. The van der Waals surface area contributed by atoms with Crippen molar-refractivity contribution in [1.29, 1.82) is 0 Å². The molecule has 1 aliphatic rings. The van der Waals surface area contributed by atoms with Gasteiger partial charge < -0.3 is 10.2 Å². The lowest BCUT2D eigenvalue weighted by atomic mass is 9.88. The zero-order valence-electron chi connectivity index (χ0n) is 15.3. The Balaban J connectivity index is 1.52. The summed E-state index contributed by atoms with van der Waals surface area (Å²) < 4.78 is 0. The molecule has 2 amide bonds. The van der Waals surface area contributed by atoms with E-state index in [0.717, 1.165) is 11.1 Å². The molecule has 1 saturated heterocycles. The quantitative estimate of drug-likeness (QED) is 0.726. The standard InChI is InChI=1S/C22H21N3O2S/c26-21(24-13-16-6-4-10-23-12-16)19-15-25(22(27)20-9-5-11-28-20)14-18(19)17-7-2-1-3-8-17/h1-12,18-19H,13-15H2,(H,24,26). The fourth-order valence-corrected chi connectivity index (χ4v) is 4.34. The van der Waals surface area contributed by atoms with Crippen LogP contribution in [0.15, 0.2) is 72.4 Å². The lowest BCUT2D eigenvalue weighted by molar-refractivity contribution is -0.125. The van der Waals surface area contributed by atoms with Gasteiger partial charge in [-0.05, 0) is 28.6 Å². The van der Waals surface area contributed by atoms with Gasteiger partial charge in [0.15, 0.2) is 0 Å². The maximum Gasteiger partial charge on any atom is 0.263 e. The highest BCUT2D eigenvalue weighted by Crippen LogP contribution is 2.34. The van der Waals surface area contributed by atoms with Crippen LogP contribution in [0.25, 0.3) is 0 Å². The molecule has 2 atom stereocenters. The Kier molecular flexibility index (Phi) is 5.48. The molecule has 0 saturated carbocycles. The van der Waals surface area contributed by atoms with Crippen LogP contribution in [0.1, 0.15) is 26.7 Å². The largest absolute Gasteiger partial charge is 0.352 e. The Hall–Kier alpha value is -2.99. The number of pyridine rings is 1. The van der Waals surface area contributed by atoms with Gasteiger partial charge in [-0.15, -0.1) is 11.3 Å². The highest BCUT2D eigenvalue weighted by Gasteiger charge is 2.40. The molecule has 2 unspecified atom stereocenters. The molecule has 0 spiro atoms. The molecule has 6 heteroatoms. The smallest absolute Gasteiger partial charge is 0.263 e. The summed E-state index contributed by atoms with van der Waals surface area (Å²) in [6.07, 6.45) is 3.46. The summed E-state index contributed by atoms with van der Waals surface area (Å²) in [6.45, 7) is 1.41. The van der Waals surface area contributed by atoms with Crippen LogP contribution < -0.4 is 5.32 Å². The summed E-state index contributed by atoms with van der Waals surface area (Å²) in [7, 11) is 0. The Morgan fingerprint density at radius 3 is 2.64 bits per heavy atom. The van der Waals surface area contributed by atoms with Gasteiger partial charge in [-0.25, -0.2) is 0 Å². The van der Waals surface area contributed by atoms with Crippen LogP contribution in [0, 0.1) is 5.92 Å². The summed E-state index contributed by atoms with van der Waals surface area (Å²) in [5.41, 5.74) is 2.04. The van der Waals surface area contributed by atoms with Crippen LogP contribution in [-0.4, -0.2) is 34.8 Å². The minimum Gasteiger partial charge on any atom is -0.352 e. The molecular weight excluding hydrogens is 370 g/mol. The van der Waals surface area contributed by atoms with E-state index in [2.05, 4.69) is 10.3 Å². The zero-order chi connectivity index (χ0) is 19.3. The van der Waals surface area contributed by atoms with E-state index in [1.54, 1.807) is 17.3 Å². The molecule has 1 fully saturated rings. The second-order valence-corrected chi connectivity index (χ2v) is 7.84. The third-order valence-corrected chi connectivity index (χ3v) is 5.95. The van der Waals surface area contributed by atoms with Crippen molar-refractivity contribution in [1.82, 2.24) is 15.2 Å². The first-order valence-electron chi connectivity index (χ1n) is 9.26. The number of aromatic nitrogens is 1. The molecule has 3 aromatic rings. The van der Waals surface area contributed by atoms with Gasteiger partial charge in [0.05, 0.1) is 10.8 Å². The van der Waals surface area contributed by atoms with E-state index >= 15 is 0 Å². The molecule has 2 aromatic heterocycles. The second-order valence-electron chi connectivity index (χ2n) is 6.89. The van der Waals surface area contributed by atoms with Gasteiger partial charge in [-0.1, -0.05) is 42.5 Å². The van der Waals surface area contributed by atoms with Crippen LogP contribution in [0.3, 0.4) is 0 Å². The number of nitrogens with zero attached hydrogens (tertiary/aromatic N) is 2. The molecule has 4 rings (SSSR count). The maximum absolute atomic E-state index is 13.0. The SMILES string of the molecule is O=C(NCc1cccnc1)C1CN(C(=O)c2cccs2)CC1c1ccccc1. The van der Waals surface area contributed by atoms with Crippen molar-refractivity contribution >= 4 is 23.2 Å². The monoisotopic (exact) mass is 391 g/mol. The number of carbonyl (C=O) groups excluding carboxylic acids is 2. The first kappa shape index (κ1) is 18.4. The summed E-state index contributed by atoms with van der Waals surface area (Å²) in [5, 5.41) is 4.92. The number of hydrogen-bond acceptors (Lipinski definition) is 4. The molecule has 1 aliphatic heterocycles. The molecule has 1 aromatic carbocycles. The second kappa shape index (κ2) is 8.35. The summed E-state index contributed by atoms with van der Waals surface area (Å²) in [6, 6.07) is 17.5. The Morgan fingerprint density at radius 2 is 1.93 bits per heavy atom. The van der Waals surface area contributed by atoms with E-state index < -0.39 is 0 Å². The van der Waals surface area contributed by atoms with Crippen LogP contribution in [-0.2, 0) is 11.3 Å². The minimum absolute atomic E-state index is 0.00140. The van der Waals surface area contributed by atoms with Crippen molar-refractivity contribution in [2.75, 3.05) is 13.1 Å². The molecule has 142 valence electrons. The molecule has 3 heterocycles. The topological polar surface area (TPSA) is 62.3 Å². The van der Waals surface area contributed by atoms with Gasteiger partial charge in [0, 0.05) is 37.9 Å². The van der Waals surface area contributed by atoms with Gasteiger partial charge in [0.2, 0.25) is 5.91 Å². The van der Waals surface area contributed by atoms with Gasteiger partial charge in [-0.2, -0.15) is 0 Å². The van der Waals surface area contributed by atoms with Crippen molar-refractivity contribution in [2.45, 2.75) is 12.5 Å². The van der Waals surface area contributed by atoms with E-state index in [9.17, 15) is 9.59 Å². The van der Waals surface area contributed by atoms with Gasteiger partial charge in [0.1, 0.15) is 0 Å². The number of amides is 2. The third kappa shape index (κ3) is 3.97. The van der Waals surface area contributed by atoms with E-state index in [1.807, 2.05) is 60.0 Å². The van der Waals surface area contributed by atoms with Crippen molar-refractivity contribution < 1.29 is 9.59 Å². The summed E-state index contributed by atoms with van der Waals surface area (Å²) in [4.78, 5) is 32.4. The van der Waals surface area contributed by atoms with E-state index in [-0.39, 0.29) is 23.7 Å². The van der Waals surface area contributed by atoms with Crippen LogP contribution in [0.4, 0.5) is 0 Å². The number of hydrogen-bond donors (Lipinski definition) is 1. The van der Waals surface area contributed by atoms with Crippen LogP contribution in [0.2, 0.25) is 0 Å². The lowest BCUT2D eigenvalue weighted by Gasteiger charge is -2.18. The number of nitrogens with one attached hydrogen (secondary N) is 1. The highest BCUT2D eigenvalue weighted by atomic mass is 32.1. The van der Waals surface area contributed by atoms with E-state index in [1.165, 1.54) is 11.3 Å². The molecule has 0 aliphatic carbocycles. The number of thiophene rings is 1. The third-order valence-electron chi connectivity index (χ3n) is 5.09. The van der Waals surface area contributed by atoms with Crippen molar-refractivity contribution in [3.8, 4) is 0 Å². The Morgan fingerprint density at radius 1 is 1.07 bits per heavy atom. The van der Waals surface area contributed by atoms with E-state index in [0.29, 0.717) is 24.5 Å². The van der Waals surface area contributed by atoms with Crippen molar-refractivity contribution in [3.63, 3.8) is 0 Å². The molecule has 1 N–H and O–H groups in total.